The fourth-order valence-electron chi connectivity index (χ4n) is 2.47. The van der Waals surface area contributed by atoms with Gasteiger partial charge in [-0.05, 0) is 24.3 Å². The Balaban J connectivity index is 1.72. The van der Waals surface area contributed by atoms with Crippen LogP contribution >= 0.6 is 0 Å². The molecule has 9 heteroatoms. The Hall–Kier alpha value is -3.88. The highest BCUT2D eigenvalue weighted by atomic mass is 19.1. The molecule has 128 valence electrons. The summed E-state index contributed by atoms with van der Waals surface area (Å²) in [5, 5.41) is 11.3. The van der Waals surface area contributed by atoms with Crippen LogP contribution in [0.3, 0.4) is 0 Å². The first-order valence-electron chi connectivity index (χ1n) is 7.49. The summed E-state index contributed by atoms with van der Waals surface area (Å²) in [5.41, 5.74) is 1.35. The predicted octanol–water partition coefficient (Wildman–Crippen LogP) is 3.86. The van der Waals surface area contributed by atoms with E-state index in [1.165, 1.54) is 12.4 Å². The van der Waals surface area contributed by atoms with E-state index in [1.807, 2.05) is 18.2 Å². The molecule has 4 aromatic rings. The molecule has 1 N–H and O–H groups in total. The third-order valence-electron chi connectivity index (χ3n) is 3.66. The zero-order valence-corrected chi connectivity index (χ0v) is 13.1. The van der Waals surface area contributed by atoms with Gasteiger partial charge in [-0.2, -0.15) is 4.39 Å². The molecule has 0 atom stereocenters. The Morgan fingerprint density at radius 2 is 2.00 bits per heavy atom. The van der Waals surface area contributed by atoms with Crippen LogP contribution in [0.4, 0.5) is 10.1 Å². The third-order valence-corrected chi connectivity index (χ3v) is 3.66. The minimum absolute atomic E-state index is 0.0914. The number of pyridine rings is 1. The largest absolute Gasteiger partial charge is 0.438 e. The average Bonchev–Trinajstić information content (AvgIpc) is 3.08. The minimum atomic E-state index is -0.985. The van der Waals surface area contributed by atoms with Crippen LogP contribution in [-0.4, -0.2) is 24.9 Å². The normalized spacial score (nSPS) is 10.8. The minimum Gasteiger partial charge on any atom is -0.438 e. The van der Waals surface area contributed by atoms with Crippen LogP contribution < -0.4 is 4.74 Å². The molecule has 8 nitrogen and oxygen atoms in total. The van der Waals surface area contributed by atoms with E-state index in [0.29, 0.717) is 11.0 Å². The molecular formula is C17H10FN5O3. The van der Waals surface area contributed by atoms with Crippen molar-refractivity contribution in [3.05, 3.63) is 70.9 Å². The number of nitro groups is 1. The molecular weight excluding hydrogens is 341 g/mol. The zero-order chi connectivity index (χ0) is 18.1. The second-order valence-electron chi connectivity index (χ2n) is 5.31. The highest BCUT2D eigenvalue weighted by molar-refractivity contribution is 5.86. The van der Waals surface area contributed by atoms with Gasteiger partial charge in [-0.1, -0.05) is 6.07 Å². The van der Waals surface area contributed by atoms with E-state index < -0.39 is 16.4 Å². The summed E-state index contributed by atoms with van der Waals surface area (Å²) >= 11 is 0. The Bertz CT molecular complexity index is 1110. The van der Waals surface area contributed by atoms with Gasteiger partial charge in [-0.15, -0.1) is 0 Å². The number of hydrogen-bond donors (Lipinski definition) is 1. The second-order valence-corrected chi connectivity index (χ2v) is 5.31. The summed E-state index contributed by atoms with van der Waals surface area (Å²) in [6.45, 7) is 0. The molecule has 0 aliphatic carbocycles. The molecule has 4 rings (SSSR count). The van der Waals surface area contributed by atoms with Crippen LogP contribution in [0.15, 0.2) is 55.0 Å². The van der Waals surface area contributed by atoms with Crippen LogP contribution in [0.1, 0.15) is 0 Å². The summed E-state index contributed by atoms with van der Waals surface area (Å²) in [6, 6.07) is 10.6. The monoisotopic (exact) mass is 351 g/mol. The number of nitro benzene ring substituents is 1. The lowest BCUT2D eigenvalue weighted by molar-refractivity contribution is -0.387. The van der Waals surface area contributed by atoms with Crippen molar-refractivity contribution in [1.29, 1.82) is 0 Å². The molecule has 3 aromatic heterocycles. The molecule has 26 heavy (non-hydrogen) atoms. The molecule has 0 fully saturated rings. The molecule has 1 aromatic carbocycles. The van der Waals surface area contributed by atoms with E-state index in [-0.39, 0.29) is 11.6 Å². The van der Waals surface area contributed by atoms with Gasteiger partial charge in [0.2, 0.25) is 11.7 Å². The summed E-state index contributed by atoms with van der Waals surface area (Å²) in [6.07, 6.45) is 2.97. The molecule has 0 saturated heterocycles. The Kier molecular flexibility index (Phi) is 3.73. The molecule has 0 unspecified atom stereocenters. The average molecular weight is 351 g/mol. The van der Waals surface area contributed by atoms with Gasteiger partial charge in [-0.25, -0.2) is 9.97 Å². The van der Waals surface area contributed by atoms with Crippen molar-refractivity contribution in [3.63, 3.8) is 0 Å². The summed E-state index contributed by atoms with van der Waals surface area (Å²) in [5.74, 6) is -0.698. The van der Waals surface area contributed by atoms with Crippen LogP contribution in [0, 0.1) is 15.9 Å². The lowest BCUT2D eigenvalue weighted by Gasteiger charge is -2.05. The van der Waals surface area contributed by atoms with Crippen molar-refractivity contribution in [2.75, 3.05) is 0 Å². The number of benzene rings is 1. The van der Waals surface area contributed by atoms with Crippen LogP contribution in [0.2, 0.25) is 0 Å². The van der Waals surface area contributed by atoms with Crippen molar-refractivity contribution in [3.8, 4) is 23.0 Å². The Labute approximate surface area is 145 Å². The predicted molar refractivity (Wildman–Crippen MR) is 90.2 cm³/mol. The maximum Gasteiger partial charge on any atom is 0.305 e. The molecule has 0 aliphatic heterocycles. The maximum absolute atomic E-state index is 13.8. The highest BCUT2D eigenvalue weighted by Gasteiger charge is 2.16. The van der Waals surface area contributed by atoms with E-state index in [2.05, 4.69) is 19.9 Å². The number of fused-ring (bicyclic) bond motifs is 1. The van der Waals surface area contributed by atoms with E-state index >= 15 is 0 Å². The van der Waals surface area contributed by atoms with Crippen molar-refractivity contribution < 1.29 is 14.1 Å². The van der Waals surface area contributed by atoms with Gasteiger partial charge >= 0.3 is 5.69 Å². The number of H-pyrrole nitrogens is 1. The van der Waals surface area contributed by atoms with Crippen LogP contribution in [-0.2, 0) is 0 Å². The Morgan fingerprint density at radius 1 is 1.12 bits per heavy atom. The molecule has 0 saturated carbocycles. The number of halogens is 1. The van der Waals surface area contributed by atoms with Crippen molar-refractivity contribution >= 4 is 16.7 Å². The molecule has 0 radical (unpaired) electrons. The third kappa shape index (κ3) is 2.81. The van der Waals surface area contributed by atoms with E-state index in [1.54, 1.807) is 12.3 Å². The molecule has 3 heterocycles. The molecule has 0 aliphatic rings. The van der Waals surface area contributed by atoms with Gasteiger partial charge in [0.05, 0.1) is 21.7 Å². The zero-order valence-electron chi connectivity index (χ0n) is 13.1. The van der Waals surface area contributed by atoms with Gasteiger partial charge in [0.1, 0.15) is 17.7 Å². The van der Waals surface area contributed by atoms with Crippen molar-refractivity contribution in [2.24, 2.45) is 0 Å². The number of hydrogen-bond acceptors (Lipinski definition) is 6. The van der Waals surface area contributed by atoms with E-state index in [0.717, 1.165) is 23.5 Å². The fourth-order valence-corrected chi connectivity index (χ4v) is 2.47. The van der Waals surface area contributed by atoms with E-state index in [9.17, 15) is 14.5 Å². The van der Waals surface area contributed by atoms with Crippen LogP contribution in [0.25, 0.3) is 22.4 Å². The van der Waals surface area contributed by atoms with Crippen molar-refractivity contribution in [2.45, 2.75) is 0 Å². The second kappa shape index (κ2) is 6.20. The Morgan fingerprint density at radius 3 is 2.73 bits per heavy atom. The van der Waals surface area contributed by atoms with Gasteiger partial charge in [0.25, 0.3) is 0 Å². The quantitative estimate of drug-likeness (QED) is 0.442. The SMILES string of the molecule is O=[N+]([O-])c1ccc(Oc2ncnc3[nH]c(-c4ccccn4)cc23)cc1F. The molecule has 0 amide bonds. The maximum atomic E-state index is 13.8. The standard InChI is InChI=1S/C17H10FN5O3/c18-12-7-10(4-5-15(12)23(24)25)26-17-11-8-14(13-3-1-2-6-19-13)22-16(11)20-9-21-17/h1-9H,(H,20,21,22). The first-order chi connectivity index (χ1) is 12.6. The highest BCUT2D eigenvalue weighted by Crippen LogP contribution is 2.31. The fraction of sp³-hybridized carbons (Fsp3) is 0. The first-order valence-corrected chi connectivity index (χ1v) is 7.49. The molecule has 0 bridgehead atoms. The topological polar surface area (TPSA) is 107 Å². The lowest BCUT2D eigenvalue weighted by atomic mass is 10.2. The summed E-state index contributed by atoms with van der Waals surface area (Å²) in [4.78, 5) is 25.5. The first kappa shape index (κ1) is 15.6. The van der Waals surface area contributed by atoms with E-state index in [4.69, 9.17) is 4.74 Å². The van der Waals surface area contributed by atoms with Crippen molar-refractivity contribution in [1.82, 2.24) is 19.9 Å². The van der Waals surface area contributed by atoms with Gasteiger partial charge in [0, 0.05) is 18.3 Å². The number of nitrogens with one attached hydrogen (secondary N) is 1. The summed E-state index contributed by atoms with van der Waals surface area (Å²) in [7, 11) is 0. The number of rotatable bonds is 4. The number of aromatic nitrogens is 4. The summed E-state index contributed by atoms with van der Waals surface area (Å²) < 4.78 is 19.4. The number of aromatic amines is 1. The van der Waals surface area contributed by atoms with Gasteiger partial charge in [0.15, 0.2) is 0 Å². The van der Waals surface area contributed by atoms with Gasteiger partial charge in [-0.3, -0.25) is 15.1 Å². The van der Waals surface area contributed by atoms with Gasteiger partial charge < -0.3 is 9.72 Å². The number of nitrogens with zero attached hydrogens (tertiary/aromatic N) is 4. The number of ether oxygens (including phenoxy) is 1. The molecule has 0 spiro atoms. The lowest BCUT2D eigenvalue weighted by Crippen LogP contribution is -1.94. The van der Waals surface area contributed by atoms with Crippen LogP contribution in [0.5, 0.6) is 11.6 Å². The smallest absolute Gasteiger partial charge is 0.305 e.